The summed E-state index contributed by atoms with van der Waals surface area (Å²) in [4.78, 5) is 93.3. The topological polar surface area (TPSA) is 317 Å². The van der Waals surface area contributed by atoms with Gasteiger partial charge in [0, 0.05) is 6.54 Å². The van der Waals surface area contributed by atoms with Crippen LogP contribution in [-0.2, 0) is 51.2 Å². The second-order valence-corrected chi connectivity index (χ2v) is 27.2. The number of hydrogen-bond acceptors (Lipinski definition) is 18. The first-order valence-electron chi connectivity index (χ1n) is 33.8. The van der Waals surface area contributed by atoms with Gasteiger partial charge in [-0.1, -0.05) is 107 Å². The van der Waals surface area contributed by atoms with E-state index in [9.17, 15) is 38.4 Å². The fraction of sp³-hybridized carbons (Fsp3) is 0.689. The highest BCUT2D eigenvalue weighted by molar-refractivity contribution is 5.91. The van der Waals surface area contributed by atoms with Crippen molar-refractivity contribution in [3.05, 3.63) is 77.4 Å². The number of guanidine groups is 1. The van der Waals surface area contributed by atoms with Crippen molar-refractivity contribution < 1.29 is 43.5 Å². The number of Topliss-reactive ketones (excluding diaryl/α,β-unsaturated/α-hetero) is 8. The van der Waals surface area contributed by atoms with Crippen molar-refractivity contribution in [2.45, 2.75) is 257 Å². The minimum atomic E-state index is -0.750. The van der Waals surface area contributed by atoms with E-state index in [2.05, 4.69) is 91.7 Å². The number of aliphatic hydroxyl groups is 1. The molecule has 536 valence electrons. The lowest BCUT2D eigenvalue weighted by Gasteiger charge is -2.34. The minimum Gasteiger partial charge on any atom is -0.394 e. The molecule has 20 nitrogen and oxygen atoms in total. The Morgan fingerprint density at radius 2 is 0.851 bits per heavy atom. The van der Waals surface area contributed by atoms with Gasteiger partial charge >= 0.3 is 0 Å². The number of aliphatic hydroxyl groups excluding tert-OH is 1. The predicted molar refractivity (Wildman–Crippen MR) is 388 cm³/mol. The van der Waals surface area contributed by atoms with Crippen LogP contribution in [0.25, 0.3) is 5.57 Å². The molecule has 4 aliphatic carbocycles. The summed E-state index contributed by atoms with van der Waals surface area (Å²) in [5.41, 5.74) is 12.6. The first-order valence-corrected chi connectivity index (χ1v) is 33.8. The number of benzene rings is 2. The number of hydrogen-bond donors (Lipinski definition) is 11. The molecule has 2 aromatic carbocycles. The van der Waals surface area contributed by atoms with Crippen molar-refractivity contribution in [3.63, 3.8) is 0 Å². The Hall–Kier alpha value is -5.55. The predicted octanol–water partition coefficient (Wildman–Crippen LogP) is 8.06. The molecule has 13 N–H and O–H groups in total. The minimum absolute atomic E-state index is 0.0486. The average Bonchev–Trinajstić information content (AvgIpc) is 1.65. The molecular weight excluding hydrogens is 1190 g/mol. The van der Waals surface area contributed by atoms with E-state index in [-0.39, 0.29) is 69.4 Å². The van der Waals surface area contributed by atoms with Crippen LogP contribution < -0.4 is 54.0 Å². The number of nitrogens with two attached hydrogens (primary N) is 2. The van der Waals surface area contributed by atoms with Crippen molar-refractivity contribution in [1.29, 1.82) is 0 Å². The van der Waals surface area contributed by atoms with Gasteiger partial charge in [-0.3, -0.25) is 43.3 Å². The third-order valence-electron chi connectivity index (χ3n) is 20.2. The summed E-state index contributed by atoms with van der Waals surface area (Å²) in [7, 11) is 14.6. The van der Waals surface area contributed by atoms with Crippen molar-refractivity contribution in [3.8, 4) is 0 Å². The van der Waals surface area contributed by atoms with E-state index in [0.29, 0.717) is 24.0 Å². The van der Waals surface area contributed by atoms with E-state index in [1.807, 2.05) is 100 Å². The van der Waals surface area contributed by atoms with Crippen LogP contribution >= 0.6 is 0 Å². The van der Waals surface area contributed by atoms with E-state index in [1.54, 1.807) is 69.5 Å². The van der Waals surface area contributed by atoms with Gasteiger partial charge in [0.15, 0.2) is 11.7 Å². The summed E-state index contributed by atoms with van der Waals surface area (Å²) in [5, 5.41) is 33.0. The zero-order valence-electron chi connectivity index (χ0n) is 62.6. The molecule has 0 saturated heterocycles. The molecule has 0 amide bonds. The van der Waals surface area contributed by atoms with Crippen LogP contribution in [0, 0.1) is 5.92 Å². The molecular formula is C74H131N11O9. The van der Waals surface area contributed by atoms with Gasteiger partial charge in [0.05, 0.1) is 50.9 Å². The SMILES string of the molecule is CNC1(C(C)=O)CC1.CNC1(C(C)=O)CCCC1.CNC1(C(C)=O)CCCCC1.CN[C@@](C)(CC(C)C)C(C)=O.CN[C@@](C)(CC1=CCc2ccccc21)C(C)=O.CN[C@@](C)(CCCN=C(N)N)C(C)=O.CN[C@@](C)(CO)C(C)=O.CN[C@@](C)(Cc1ccccc1)C(C)=O. The molecule has 2 aromatic rings. The standard InChI is InChI=1S/C15H19NO.C12H17NO.C9H20N4O.C9H17NO.C9H19NO.C8H15NO.C6H13NO2.C6H11NO/c1-11(17)15(2,16-3)10-13-9-8-12-6-4-5-7-14(12)13;1-10(14)12(2,13-3)9-11-7-5-4-6-8-11;1-7(14)9(2,12-3)5-4-6-13-8(10)11;1-8(11)9(10-2)6-4-3-5-7-9;1-7(2)6-9(4,10-5)8(3)11;1-7(10)8(9-2)5-3-4-6-8;1-5(9)6(2,4-8)7-3;1-5(8)6(7-2)3-4-6/h4-7,9,16H,8,10H2,1-3H3;4-8,13H,9H2,1-3H3;12H,4-6H2,1-3H3,(H4,10,11,13);10H,3-7H2,1-2H3;7,10H,6H2,1-5H3;9H,3-6H2,1-2H3;7-8H,4H2,1-3H3;7H,3-4H2,1-2H3/t15-;12-;9-;;9-;;6-;/m000.0.0./s1. The summed E-state index contributed by atoms with van der Waals surface area (Å²) in [5.74, 6) is 2.18. The van der Waals surface area contributed by atoms with Crippen molar-refractivity contribution in [1.82, 2.24) is 42.5 Å². The van der Waals surface area contributed by atoms with Crippen LogP contribution in [-0.4, -0.2) is 171 Å². The lowest BCUT2D eigenvalue weighted by atomic mass is 9.79. The van der Waals surface area contributed by atoms with E-state index in [0.717, 1.165) is 77.0 Å². The zero-order valence-corrected chi connectivity index (χ0v) is 62.6. The molecule has 0 unspecified atom stereocenters. The molecule has 0 aliphatic heterocycles. The highest BCUT2D eigenvalue weighted by Gasteiger charge is 2.45. The Bertz CT molecular complexity index is 2710. The number of aliphatic imine (C=N–C) groups is 1. The molecule has 0 bridgehead atoms. The number of carbonyl (C=O) groups excluding carboxylic acids is 8. The number of rotatable bonds is 27. The highest BCUT2D eigenvalue weighted by Crippen LogP contribution is 2.36. The molecule has 94 heavy (non-hydrogen) atoms. The lowest BCUT2D eigenvalue weighted by Crippen LogP contribution is -2.50. The maximum absolute atomic E-state index is 11.7. The quantitative estimate of drug-likeness (QED) is 0.0229. The number of carbonyl (C=O) groups is 8. The number of fused-ring (bicyclic) bond motifs is 1. The fourth-order valence-electron chi connectivity index (χ4n) is 11.0. The van der Waals surface area contributed by atoms with Crippen LogP contribution in [0.5, 0.6) is 0 Å². The van der Waals surface area contributed by atoms with Crippen LogP contribution in [0.1, 0.15) is 217 Å². The van der Waals surface area contributed by atoms with Crippen LogP contribution in [0.4, 0.5) is 0 Å². The Morgan fingerprint density at radius 3 is 1.14 bits per heavy atom. The average molecular weight is 1320 g/mol. The summed E-state index contributed by atoms with van der Waals surface area (Å²) in [6.07, 6.45) is 19.4. The van der Waals surface area contributed by atoms with Crippen molar-refractivity contribution in [2.24, 2.45) is 22.4 Å². The van der Waals surface area contributed by atoms with Gasteiger partial charge in [-0.2, -0.15) is 0 Å². The van der Waals surface area contributed by atoms with Gasteiger partial charge in [0.1, 0.15) is 40.5 Å². The molecule has 3 saturated carbocycles. The number of likely N-dealkylation sites (N-methyl/N-ethyl adjacent to an activating group) is 8. The Labute approximate surface area is 568 Å². The largest absolute Gasteiger partial charge is 0.394 e. The molecule has 0 radical (unpaired) electrons. The van der Waals surface area contributed by atoms with E-state index >= 15 is 0 Å². The molecule has 4 aliphatic rings. The van der Waals surface area contributed by atoms with Gasteiger partial charge in [-0.05, 0) is 252 Å². The number of nitrogens with one attached hydrogen (secondary N) is 8. The molecule has 5 atom stereocenters. The molecule has 3 fully saturated rings. The summed E-state index contributed by atoms with van der Waals surface area (Å²) < 4.78 is 0. The van der Waals surface area contributed by atoms with Gasteiger partial charge in [-0.25, -0.2) is 0 Å². The Morgan fingerprint density at radius 1 is 0.489 bits per heavy atom. The van der Waals surface area contributed by atoms with Crippen molar-refractivity contribution in [2.75, 3.05) is 69.5 Å². The van der Waals surface area contributed by atoms with Gasteiger partial charge < -0.3 is 59.1 Å². The highest BCUT2D eigenvalue weighted by atomic mass is 16.3. The van der Waals surface area contributed by atoms with Crippen LogP contribution in [0.2, 0.25) is 0 Å². The second kappa shape index (κ2) is 43.6. The summed E-state index contributed by atoms with van der Waals surface area (Å²) in [6.45, 7) is 27.0. The van der Waals surface area contributed by atoms with Gasteiger partial charge in [-0.15, -0.1) is 0 Å². The lowest BCUT2D eigenvalue weighted by molar-refractivity contribution is -0.125. The molecule has 6 rings (SSSR count). The maximum atomic E-state index is 11.7. The Kier molecular flexibility index (Phi) is 42.0. The number of nitrogens with zero attached hydrogens (tertiary/aromatic N) is 1. The van der Waals surface area contributed by atoms with Crippen molar-refractivity contribution >= 4 is 57.8 Å². The first-order chi connectivity index (χ1) is 43.7. The molecule has 0 heterocycles. The maximum Gasteiger partial charge on any atom is 0.185 e. The number of ketones is 8. The van der Waals surface area contributed by atoms with Gasteiger partial charge in [0.2, 0.25) is 0 Å². The first kappa shape index (κ1) is 90.5. The van der Waals surface area contributed by atoms with Crippen LogP contribution in [0.15, 0.2) is 65.7 Å². The molecule has 0 spiro atoms. The zero-order chi connectivity index (χ0) is 73.0. The third kappa shape index (κ3) is 30.3. The molecule has 0 aromatic heterocycles. The smallest absolute Gasteiger partial charge is 0.185 e. The third-order valence-corrected chi connectivity index (χ3v) is 20.2. The van der Waals surface area contributed by atoms with E-state index in [1.165, 1.54) is 61.3 Å². The van der Waals surface area contributed by atoms with E-state index < -0.39 is 22.2 Å². The fourth-order valence-corrected chi connectivity index (χ4v) is 11.0. The summed E-state index contributed by atoms with van der Waals surface area (Å²) >= 11 is 0. The molecule has 20 heteroatoms. The Balaban J connectivity index is 0. The van der Waals surface area contributed by atoms with Gasteiger partial charge in [0.25, 0.3) is 0 Å². The second-order valence-electron chi connectivity index (χ2n) is 27.2. The normalized spacial score (nSPS) is 18.1. The van der Waals surface area contributed by atoms with Crippen LogP contribution in [0.3, 0.4) is 0 Å². The van der Waals surface area contributed by atoms with E-state index in [4.69, 9.17) is 16.6 Å². The monoisotopic (exact) mass is 1320 g/mol. The summed E-state index contributed by atoms with van der Waals surface area (Å²) in [6, 6.07) is 18.5. The number of allylic oxidation sites excluding steroid dienone is 1.